The smallest absolute Gasteiger partial charge is 0.341 e. The molecule has 1 aliphatic carbocycles. The zero-order chi connectivity index (χ0) is 21.6. The Morgan fingerprint density at radius 2 is 1.93 bits per heavy atom. The van der Waals surface area contributed by atoms with E-state index in [9.17, 15) is 4.79 Å². The maximum atomic E-state index is 12.7. The molecule has 1 heterocycles. The van der Waals surface area contributed by atoms with Crippen molar-refractivity contribution in [1.82, 2.24) is 14.8 Å². The molecule has 6 nitrogen and oxygen atoms in total. The number of esters is 1. The van der Waals surface area contributed by atoms with Gasteiger partial charge in [-0.15, -0.1) is 10.2 Å². The lowest BCUT2D eigenvalue weighted by Crippen LogP contribution is -2.22. The highest BCUT2D eigenvalue weighted by Crippen LogP contribution is 2.33. The summed E-state index contributed by atoms with van der Waals surface area (Å²) in [5.41, 5.74) is 1.64. The van der Waals surface area contributed by atoms with Gasteiger partial charge in [-0.05, 0) is 37.3 Å². The topological polar surface area (TPSA) is 66.2 Å². The highest BCUT2D eigenvalue weighted by molar-refractivity contribution is 6.76. The van der Waals surface area contributed by atoms with Crippen LogP contribution in [0.25, 0.3) is 5.57 Å². The van der Waals surface area contributed by atoms with Crippen LogP contribution in [0.5, 0.6) is 0 Å². The minimum absolute atomic E-state index is 0.330. The third-order valence-electron chi connectivity index (χ3n) is 5.01. The van der Waals surface area contributed by atoms with Crippen molar-refractivity contribution in [2.24, 2.45) is 5.92 Å². The Kier molecular flexibility index (Phi) is 7.61. The fourth-order valence-corrected chi connectivity index (χ4v) is 3.81. The van der Waals surface area contributed by atoms with E-state index in [0.29, 0.717) is 43.7 Å². The molecule has 7 heteroatoms. The molecule has 1 aliphatic rings. The summed E-state index contributed by atoms with van der Waals surface area (Å²) in [6.07, 6.45) is 4.82. The molecule has 1 aromatic heterocycles. The number of carbonyl (C=O) groups excluding carboxylic acids is 1. The van der Waals surface area contributed by atoms with Crippen molar-refractivity contribution >= 4 is 19.6 Å². The fourth-order valence-electron chi connectivity index (χ4n) is 3.05. The molecule has 2 aromatic rings. The van der Waals surface area contributed by atoms with Crippen molar-refractivity contribution in [1.29, 1.82) is 0 Å². The molecule has 0 N–H and O–H groups in total. The molecule has 30 heavy (non-hydrogen) atoms. The van der Waals surface area contributed by atoms with Crippen molar-refractivity contribution < 1.29 is 14.3 Å². The van der Waals surface area contributed by atoms with Crippen LogP contribution in [-0.4, -0.2) is 42.0 Å². The van der Waals surface area contributed by atoms with E-state index in [-0.39, 0.29) is 5.97 Å². The van der Waals surface area contributed by atoms with Gasteiger partial charge >= 0.3 is 5.97 Å². The monoisotopic (exact) mass is 427 g/mol. The molecule has 0 amide bonds. The summed E-state index contributed by atoms with van der Waals surface area (Å²) in [5.74, 6) is 1.40. The molecule has 0 aliphatic heterocycles. The molecule has 1 saturated carbocycles. The molecule has 1 fully saturated rings. The van der Waals surface area contributed by atoms with Crippen molar-refractivity contribution in [3.05, 3.63) is 53.6 Å². The number of rotatable bonds is 11. The number of hydrogen-bond donors (Lipinski definition) is 0. The van der Waals surface area contributed by atoms with E-state index in [1.165, 1.54) is 0 Å². The van der Waals surface area contributed by atoms with Gasteiger partial charge in [0.15, 0.2) is 5.82 Å². The van der Waals surface area contributed by atoms with E-state index in [0.717, 1.165) is 30.3 Å². The van der Waals surface area contributed by atoms with Crippen LogP contribution < -0.4 is 0 Å². The lowest BCUT2D eigenvalue weighted by molar-refractivity contribution is -0.136. The zero-order valence-corrected chi connectivity index (χ0v) is 19.6. The number of ether oxygens (including phenoxy) is 2. The second-order valence-corrected chi connectivity index (χ2v) is 14.6. The van der Waals surface area contributed by atoms with Crippen LogP contribution in [0.15, 0.2) is 36.4 Å². The van der Waals surface area contributed by atoms with Gasteiger partial charge in [0.25, 0.3) is 0 Å². The number of nitrogens with zero attached hydrogens (tertiary/aromatic N) is 3. The highest BCUT2D eigenvalue weighted by atomic mass is 28.3. The molecule has 0 unspecified atom stereocenters. The van der Waals surface area contributed by atoms with E-state index < -0.39 is 8.07 Å². The van der Waals surface area contributed by atoms with Crippen molar-refractivity contribution in [2.45, 2.75) is 58.6 Å². The first-order chi connectivity index (χ1) is 14.4. The Hall–Kier alpha value is -2.25. The van der Waals surface area contributed by atoms with Crippen LogP contribution in [-0.2, 0) is 27.4 Å². The van der Waals surface area contributed by atoms with Gasteiger partial charge in [-0.3, -0.25) is 4.57 Å². The first-order valence-corrected chi connectivity index (χ1v) is 14.5. The molecule has 0 radical (unpaired) electrons. The summed E-state index contributed by atoms with van der Waals surface area (Å²) in [6, 6.07) is 11.2. The Morgan fingerprint density at radius 3 is 2.57 bits per heavy atom. The van der Waals surface area contributed by atoms with Crippen molar-refractivity contribution in [2.75, 3.05) is 13.2 Å². The van der Waals surface area contributed by atoms with Gasteiger partial charge in [0.1, 0.15) is 18.1 Å². The van der Waals surface area contributed by atoms with E-state index >= 15 is 0 Å². The van der Waals surface area contributed by atoms with E-state index in [2.05, 4.69) is 42.0 Å². The minimum Gasteiger partial charge on any atom is -0.462 e. The van der Waals surface area contributed by atoms with Gasteiger partial charge < -0.3 is 9.47 Å². The molecule has 0 bridgehead atoms. The number of hydrogen-bond acceptors (Lipinski definition) is 5. The second kappa shape index (κ2) is 10.2. The van der Waals surface area contributed by atoms with Crippen LogP contribution >= 0.6 is 0 Å². The van der Waals surface area contributed by atoms with E-state index in [4.69, 9.17) is 9.47 Å². The Morgan fingerprint density at radius 1 is 1.20 bits per heavy atom. The van der Waals surface area contributed by atoms with Gasteiger partial charge in [0.05, 0.1) is 6.61 Å². The second-order valence-electron chi connectivity index (χ2n) is 9.02. The number of aromatic nitrogens is 3. The fraction of sp³-hybridized carbons (Fsp3) is 0.522. The maximum absolute atomic E-state index is 12.7. The third-order valence-corrected chi connectivity index (χ3v) is 6.71. The summed E-state index contributed by atoms with van der Waals surface area (Å²) in [4.78, 5) is 12.7. The Labute approximate surface area is 180 Å². The predicted molar refractivity (Wildman–Crippen MR) is 121 cm³/mol. The summed E-state index contributed by atoms with van der Waals surface area (Å²) in [7, 11) is -1.18. The van der Waals surface area contributed by atoms with Gasteiger partial charge in [-0.1, -0.05) is 56.0 Å². The van der Waals surface area contributed by atoms with E-state index in [1.54, 1.807) is 0 Å². The standard InChI is InChI=1S/C23H33N3O3Si/c1-5-29-23(27)20(15-19-11-12-19)22-25-24-21(16-18-9-7-6-8-10-18)26(22)17-28-13-14-30(2,3)4/h6-10,15,19H,5,11-14,16-17H2,1-4H3. The molecule has 0 saturated heterocycles. The minimum atomic E-state index is -1.18. The summed E-state index contributed by atoms with van der Waals surface area (Å²) >= 11 is 0. The van der Waals surface area contributed by atoms with Crippen LogP contribution in [0.1, 0.15) is 37.0 Å². The van der Waals surface area contributed by atoms with Crippen molar-refractivity contribution in [3.63, 3.8) is 0 Å². The average molecular weight is 428 g/mol. The zero-order valence-electron chi connectivity index (χ0n) is 18.6. The van der Waals surface area contributed by atoms with E-state index in [1.807, 2.05) is 35.8 Å². The quantitative estimate of drug-likeness (QED) is 0.228. The van der Waals surface area contributed by atoms with Gasteiger partial charge in [0.2, 0.25) is 0 Å². The number of allylic oxidation sites excluding steroid dienone is 1. The molecular weight excluding hydrogens is 394 g/mol. The first kappa shape index (κ1) is 22.4. The molecule has 162 valence electrons. The average Bonchev–Trinajstić information content (AvgIpc) is 3.44. The summed E-state index contributed by atoms with van der Waals surface area (Å²) in [6.45, 7) is 10.2. The van der Waals surface area contributed by atoms with Crippen LogP contribution in [0.3, 0.4) is 0 Å². The first-order valence-electron chi connectivity index (χ1n) is 10.8. The molecule has 0 atom stereocenters. The van der Waals surface area contributed by atoms with Gasteiger partial charge in [0, 0.05) is 21.1 Å². The van der Waals surface area contributed by atoms with Gasteiger partial charge in [-0.2, -0.15) is 0 Å². The molecule has 1 aromatic carbocycles. The molecular formula is C23H33N3O3Si. The van der Waals surface area contributed by atoms with Crippen LogP contribution in [0.4, 0.5) is 0 Å². The molecule has 0 spiro atoms. The summed E-state index contributed by atoms with van der Waals surface area (Å²) in [5, 5.41) is 8.82. The highest BCUT2D eigenvalue weighted by Gasteiger charge is 2.27. The lowest BCUT2D eigenvalue weighted by atomic mass is 10.1. The SMILES string of the molecule is CCOC(=O)C(=CC1CC1)c1nnc(Cc2ccccc2)n1COCC[Si](C)(C)C. The van der Waals surface area contributed by atoms with Crippen LogP contribution in [0.2, 0.25) is 25.7 Å². The number of carbonyl (C=O) groups is 1. The van der Waals surface area contributed by atoms with Gasteiger partial charge in [-0.25, -0.2) is 4.79 Å². The van der Waals surface area contributed by atoms with Crippen molar-refractivity contribution in [3.8, 4) is 0 Å². The number of benzene rings is 1. The third kappa shape index (κ3) is 6.64. The normalized spacial score (nSPS) is 14.7. The Bertz CT molecular complexity index is 868. The largest absolute Gasteiger partial charge is 0.462 e. The Balaban J connectivity index is 1.87. The summed E-state index contributed by atoms with van der Waals surface area (Å²) < 4.78 is 13.3. The molecule has 3 rings (SSSR count). The predicted octanol–water partition coefficient (Wildman–Crippen LogP) is 4.54. The van der Waals surface area contributed by atoms with Crippen LogP contribution in [0, 0.1) is 5.92 Å². The maximum Gasteiger partial charge on any atom is 0.341 e. The lowest BCUT2D eigenvalue weighted by Gasteiger charge is -2.17.